The summed E-state index contributed by atoms with van der Waals surface area (Å²) < 4.78 is 2.35. The number of hydrogen-bond donors (Lipinski definition) is 0. The van der Waals surface area contributed by atoms with Crippen molar-refractivity contribution in [2.45, 2.75) is 32.6 Å². The molecular formula is C17H25IN2S. The first-order valence-corrected chi connectivity index (χ1v) is 8.25. The van der Waals surface area contributed by atoms with Gasteiger partial charge in [-0.15, -0.1) is 0 Å². The Morgan fingerprint density at radius 2 is 1.76 bits per heavy atom. The molecule has 0 fully saturated rings. The van der Waals surface area contributed by atoms with Crippen LogP contribution in [0.2, 0.25) is 0 Å². The predicted octanol–water partition coefficient (Wildman–Crippen LogP) is 1.04. The average Bonchev–Trinajstić information content (AvgIpc) is 2.81. The number of thiazole rings is 1. The van der Waals surface area contributed by atoms with Crippen LogP contribution in [0.25, 0.3) is 10.6 Å². The van der Waals surface area contributed by atoms with E-state index in [0.29, 0.717) is 0 Å². The van der Waals surface area contributed by atoms with Crippen molar-refractivity contribution in [3.63, 3.8) is 0 Å². The molecule has 2 rings (SSSR count). The SMILES string of the molecule is CCCCCc1csc(-c2ccc(N(C)C)cc2)[n+]1C.[I-]. The van der Waals surface area contributed by atoms with Gasteiger partial charge in [0.05, 0.1) is 10.9 Å². The molecule has 21 heavy (non-hydrogen) atoms. The van der Waals surface area contributed by atoms with Crippen molar-refractivity contribution in [2.24, 2.45) is 7.05 Å². The average molecular weight is 416 g/mol. The number of rotatable bonds is 6. The molecule has 116 valence electrons. The van der Waals surface area contributed by atoms with Crippen molar-refractivity contribution in [2.75, 3.05) is 19.0 Å². The molecule has 0 radical (unpaired) electrons. The number of halogens is 1. The molecule has 1 aromatic heterocycles. The van der Waals surface area contributed by atoms with Gasteiger partial charge in [-0.2, -0.15) is 4.57 Å². The van der Waals surface area contributed by atoms with E-state index in [0.717, 1.165) is 0 Å². The Hall–Kier alpha value is -0.620. The van der Waals surface area contributed by atoms with E-state index in [4.69, 9.17) is 0 Å². The van der Waals surface area contributed by atoms with E-state index in [9.17, 15) is 0 Å². The third-order valence-corrected chi connectivity index (χ3v) is 4.83. The first-order chi connectivity index (χ1) is 9.63. The molecule has 4 heteroatoms. The van der Waals surface area contributed by atoms with E-state index in [1.54, 1.807) is 0 Å². The summed E-state index contributed by atoms with van der Waals surface area (Å²) in [5.41, 5.74) is 4.01. The number of anilines is 1. The van der Waals surface area contributed by atoms with Crippen LogP contribution in [0.4, 0.5) is 5.69 Å². The molecule has 0 atom stereocenters. The highest BCUT2D eigenvalue weighted by Crippen LogP contribution is 2.24. The summed E-state index contributed by atoms with van der Waals surface area (Å²) in [5, 5.41) is 3.66. The number of benzene rings is 1. The summed E-state index contributed by atoms with van der Waals surface area (Å²) in [6.07, 6.45) is 5.09. The topological polar surface area (TPSA) is 7.12 Å². The maximum atomic E-state index is 2.35. The molecule has 0 saturated carbocycles. The normalized spacial score (nSPS) is 10.3. The van der Waals surface area contributed by atoms with Crippen LogP contribution in [0, 0.1) is 0 Å². The third kappa shape index (κ3) is 4.68. The highest BCUT2D eigenvalue weighted by atomic mass is 127. The van der Waals surface area contributed by atoms with Gasteiger partial charge in [0.25, 0.3) is 5.01 Å². The van der Waals surface area contributed by atoms with Gasteiger partial charge in [-0.25, -0.2) is 0 Å². The molecule has 1 aromatic carbocycles. The van der Waals surface area contributed by atoms with Crippen LogP contribution in [-0.4, -0.2) is 14.1 Å². The Morgan fingerprint density at radius 3 is 2.33 bits per heavy atom. The summed E-state index contributed by atoms with van der Waals surface area (Å²) in [6.45, 7) is 2.26. The van der Waals surface area contributed by atoms with Gasteiger partial charge in [-0.1, -0.05) is 31.1 Å². The van der Waals surface area contributed by atoms with E-state index in [-0.39, 0.29) is 24.0 Å². The number of aryl methyl sites for hydroxylation is 1. The van der Waals surface area contributed by atoms with E-state index in [1.165, 1.54) is 47.6 Å². The van der Waals surface area contributed by atoms with Gasteiger partial charge in [-0.3, -0.25) is 0 Å². The fourth-order valence-corrected chi connectivity index (χ4v) is 3.43. The van der Waals surface area contributed by atoms with E-state index < -0.39 is 0 Å². The molecule has 0 unspecified atom stereocenters. The van der Waals surface area contributed by atoms with Crippen LogP contribution in [0.1, 0.15) is 31.9 Å². The molecule has 2 nitrogen and oxygen atoms in total. The lowest BCUT2D eigenvalue weighted by atomic mass is 10.1. The molecule has 0 amide bonds. The highest BCUT2D eigenvalue weighted by molar-refractivity contribution is 7.12. The predicted molar refractivity (Wildman–Crippen MR) is 88.5 cm³/mol. The largest absolute Gasteiger partial charge is 1.00 e. The second kappa shape index (κ2) is 8.73. The van der Waals surface area contributed by atoms with Crippen LogP contribution in [0.15, 0.2) is 29.6 Å². The van der Waals surface area contributed by atoms with Gasteiger partial charge in [0.2, 0.25) is 0 Å². The van der Waals surface area contributed by atoms with Crippen LogP contribution >= 0.6 is 11.3 Å². The van der Waals surface area contributed by atoms with E-state index >= 15 is 0 Å². The molecule has 2 aromatic rings. The minimum Gasteiger partial charge on any atom is -1.00 e. The molecule has 0 bridgehead atoms. The summed E-state index contributed by atoms with van der Waals surface area (Å²) in [6, 6.07) is 8.81. The van der Waals surface area contributed by atoms with E-state index in [2.05, 4.69) is 67.2 Å². The van der Waals surface area contributed by atoms with Gasteiger partial charge < -0.3 is 28.9 Å². The van der Waals surface area contributed by atoms with Crippen LogP contribution in [0.3, 0.4) is 0 Å². The lowest BCUT2D eigenvalue weighted by Crippen LogP contribution is -3.00. The first-order valence-electron chi connectivity index (χ1n) is 7.37. The zero-order valence-electron chi connectivity index (χ0n) is 13.4. The Morgan fingerprint density at radius 1 is 1.10 bits per heavy atom. The monoisotopic (exact) mass is 416 g/mol. The second-order valence-corrected chi connectivity index (χ2v) is 6.35. The minimum atomic E-state index is 0. The number of hydrogen-bond acceptors (Lipinski definition) is 2. The fourth-order valence-electron chi connectivity index (χ4n) is 2.36. The fraction of sp³-hybridized carbons (Fsp3) is 0.471. The highest BCUT2D eigenvalue weighted by Gasteiger charge is 2.17. The number of unbranched alkanes of at least 4 members (excludes halogenated alkanes) is 2. The number of nitrogens with zero attached hydrogens (tertiary/aromatic N) is 2. The van der Waals surface area contributed by atoms with Gasteiger partial charge in [0.15, 0.2) is 5.69 Å². The Balaban J connectivity index is 0.00000220. The molecule has 0 spiro atoms. The van der Waals surface area contributed by atoms with Gasteiger partial charge in [0, 0.05) is 26.2 Å². The summed E-state index contributed by atoms with van der Waals surface area (Å²) in [7, 11) is 6.34. The molecule has 0 aliphatic rings. The van der Waals surface area contributed by atoms with Crippen LogP contribution < -0.4 is 33.4 Å². The zero-order chi connectivity index (χ0) is 14.5. The maximum Gasteiger partial charge on any atom is 0.268 e. The van der Waals surface area contributed by atoms with Crippen molar-refractivity contribution in [3.05, 3.63) is 35.3 Å². The molecule has 0 saturated heterocycles. The smallest absolute Gasteiger partial charge is 0.268 e. The molecule has 0 N–H and O–H groups in total. The Bertz CT molecular complexity index is 546. The lowest BCUT2D eigenvalue weighted by Gasteiger charge is -2.11. The standard InChI is InChI=1S/C17H25N2S.HI/c1-5-6-7-8-16-13-20-17(19(16)4)14-9-11-15(12-10-14)18(2)3;/h9-13H,5-8H2,1-4H3;1H/q+1;/p-1. The first kappa shape index (κ1) is 18.4. The van der Waals surface area contributed by atoms with Gasteiger partial charge >= 0.3 is 0 Å². The summed E-state index contributed by atoms with van der Waals surface area (Å²) in [4.78, 5) is 2.13. The molecule has 0 aliphatic carbocycles. The van der Waals surface area contributed by atoms with Crippen molar-refractivity contribution < 1.29 is 28.5 Å². The maximum absolute atomic E-state index is 2.35. The molecule has 0 aliphatic heterocycles. The van der Waals surface area contributed by atoms with E-state index in [1.807, 2.05) is 11.3 Å². The second-order valence-electron chi connectivity index (χ2n) is 5.49. The Kier molecular flexibility index (Phi) is 7.66. The van der Waals surface area contributed by atoms with Gasteiger partial charge in [-0.05, 0) is 30.7 Å². The Labute approximate surface area is 149 Å². The summed E-state index contributed by atoms with van der Waals surface area (Å²) >= 11 is 1.85. The summed E-state index contributed by atoms with van der Waals surface area (Å²) in [5.74, 6) is 0. The molecular weight excluding hydrogens is 391 g/mol. The van der Waals surface area contributed by atoms with Crippen molar-refractivity contribution in [1.29, 1.82) is 0 Å². The van der Waals surface area contributed by atoms with Crippen molar-refractivity contribution in [3.8, 4) is 10.6 Å². The zero-order valence-corrected chi connectivity index (χ0v) is 16.4. The minimum absolute atomic E-state index is 0. The van der Waals surface area contributed by atoms with Crippen molar-refractivity contribution >= 4 is 17.0 Å². The van der Waals surface area contributed by atoms with Crippen molar-refractivity contribution in [1.82, 2.24) is 0 Å². The molecule has 1 heterocycles. The number of aromatic nitrogens is 1. The van der Waals surface area contributed by atoms with Crippen LogP contribution in [-0.2, 0) is 13.5 Å². The lowest BCUT2D eigenvalue weighted by molar-refractivity contribution is -0.663. The third-order valence-electron chi connectivity index (χ3n) is 3.71. The van der Waals surface area contributed by atoms with Crippen LogP contribution in [0.5, 0.6) is 0 Å². The van der Waals surface area contributed by atoms with Gasteiger partial charge in [0.1, 0.15) is 7.05 Å². The quantitative estimate of drug-likeness (QED) is 0.388.